The summed E-state index contributed by atoms with van der Waals surface area (Å²) >= 11 is 0. The van der Waals surface area contributed by atoms with Crippen LogP contribution < -0.4 is 21.5 Å². The van der Waals surface area contributed by atoms with E-state index < -0.39 is 27.2 Å². The lowest BCUT2D eigenvalue weighted by Crippen LogP contribution is -2.34. The minimum Gasteiger partial charge on any atom is -0.384 e. The lowest BCUT2D eigenvalue weighted by atomic mass is 9.99. The third-order valence-electron chi connectivity index (χ3n) is 5.56. The van der Waals surface area contributed by atoms with E-state index in [0.717, 1.165) is 48.5 Å². The number of aromatic nitrogens is 1. The van der Waals surface area contributed by atoms with Gasteiger partial charge in [0.2, 0.25) is 0 Å². The van der Waals surface area contributed by atoms with Crippen LogP contribution in [0.3, 0.4) is 0 Å². The Balaban J connectivity index is 1.97. The van der Waals surface area contributed by atoms with Crippen LogP contribution in [0.4, 0.5) is 11.5 Å². The van der Waals surface area contributed by atoms with Gasteiger partial charge in [-0.3, -0.25) is 24.3 Å². The van der Waals surface area contributed by atoms with Gasteiger partial charge < -0.3 is 10.6 Å². The van der Waals surface area contributed by atoms with Crippen LogP contribution in [-0.4, -0.2) is 44.1 Å². The quantitative estimate of drug-likeness (QED) is 0.693. The molecular formula is C20H22N4O5S. The molecule has 10 heteroatoms. The highest BCUT2D eigenvalue weighted by molar-refractivity contribution is 7.90. The van der Waals surface area contributed by atoms with Crippen molar-refractivity contribution in [2.75, 3.05) is 30.0 Å². The van der Waals surface area contributed by atoms with Crippen molar-refractivity contribution >= 4 is 33.2 Å². The number of piperidine rings is 1. The Morgan fingerprint density at radius 1 is 1.13 bits per heavy atom. The first-order chi connectivity index (χ1) is 14.1. The highest BCUT2D eigenvalue weighted by atomic mass is 32.2. The Kier molecular flexibility index (Phi) is 4.69. The fourth-order valence-electron chi connectivity index (χ4n) is 4.14. The zero-order valence-corrected chi connectivity index (χ0v) is 17.5. The van der Waals surface area contributed by atoms with Crippen molar-refractivity contribution < 1.29 is 18.0 Å². The number of hydrogen-bond acceptors (Lipinski definition) is 7. The molecule has 1 aromatic heterocycles. The Morgan fingerprint density at radius 3 is 2.53 bits per heavy atom. The van der Waals surface area contributed by atoms with Gasteiger partial charge in [-0.1, -0.05) is 6.92 Å². The van der Waals surface area contributed by atoms with Crippen molar-refractivity contribution in [1.82, 2.24) is 9.88 Å². The molecule has 2 aliphatic rings. The molecule has 1 unspecified atom stereocenters. The molecule has 4 rings (SSSR count). The molecule has 2 aliphatic heterocycles. The van der Waals surface area contributed by atoms with Crippen molar-refractivity contribution in [2.24, 2.45) is 5.92 Å². The maximum absolute atomic E-state index is 12.9. The van der Waals surface area contributed by atoms with Gasteiger partial charge in [0.05, 0.1) is 21.7 Å². The zero-order valence-electron chi connectivity index (χ0n) is 16.6. The Labute approximate surface area is 173 Å². The minimum absolute atomic E-state index is 0.0608. The summed E-state index contributed by atoms with van der Waals surface area (Å²) in [5, 5.41) is 2.11. The predicted octanol–water partition coefficient (Wildman–Crippen LogP) is 0.943. The average molecular weight is 430 g/mol. The van der Waals surface area contributed by atoms with Gasteiger partial charge in [-0.05, 0) is 37.0 Å². The van der Waals surface area contributed by atoms with Crippen LogP contribution in [0.5, 0.6) is 0 Å². The fraction of sp³-hybridized carbons (Fsp3) is 0.350. The third kappa shape index (κ3) is 3.26. The molecule has 0 aliphatic carbocycles. The van der Waals surface area contributed by atoms with E-state index in [4.69, 9.17) is 5.73 Å². The van der Waals surface area contributed by atoms with E-state index in [1.807, 2.05) is 0 Å². The predicted molar refractivity (Wildman–Crippen MR) is 112 cm³/mol. The summed E-state index contributed by atoms with van der Waals surface area (Å²) in [7, 11) is -3.71. The van der Waals surface area contributed by atoms with Crippen LogP contribution in [0.25, 0.3) is 5.69 Å². The van der Waals surface area contributed by atoms with Crippen molar-refractivity contribution in [2.45, 2.75) is 24.7 Å². The number of amides is 2. The summed E-state index contributed by atoms with van der Waals surface area (Å²) in [5.74, 6) is -1.21. The lowest BCUT2D eigenvalue weighted by Gasteiger charge is -2.33. The fourth-order valence-corrected chi connectivity index (χ4v) is 4.99. The number of fused-ring (bicyclic) bond motifs is 1. The number of nitrogens with two attached hydrogens (primary N) is 1. The summed E-state index contributed by atoms with van der Waals surface area (Å²) in [6, 6.07) is 5.77. The number of hydrogen-bond donors (Lipinski definition) is 2. The topological polar surface area (TPSA) is 132 Å². The summed E-state index contributed by atoms with van der Waals surface area (Å²) in [4.78, 5) is 39.0. The van der Waals surface area contributed by atoms with E-state index in [-0.39, 0.29) is 27.5 Å². The van der Waals surface area contributed by atoms with Gasteiger partial charge in [-0.25, -0.2) is 8.42 Å². The molecule has 0 spiro atoms. The third-order valence-corrected chi connectivity index (χ3v) is 6.70. The van der Waals surface area contributed by atoms with Crippen LogP contribution in [0, 0.1) is 5.92 Å². The second kappa shape index (κ2) is 6.98. The van der Waals surface area contributed by atoms with Crippen LogP contribution in [0.1, 0.15) is 40.5 Å². The maximum Gasteiger partial charge on any atom is 0.262 e. The average Bonchev–Trinajstić information content (AvgIpc) is 2.94. The van der Waals surface area contributed by atoms with Crippen molar-refractivity contribution in [1.29, 1.82) is 0 Å². The summed E-state index contributed by atoms with van der Waals surface area (Å²) < 4.78 is 25.9. The van der Waals surface area contributed by atoms with Crippen LogP contribution in [-0.2, 0) is 9.84 Å². The van der Waals surface area contributed by atoms with Gasteiger partial charge >= 0.3 is 0 Å². The number of nitrogens with zero attached hydrogens (tertiary/aromatic N) is 2. The van der Waals surface area contributed by atoms with Crippen LogP contribution >= 0.6 is 0 Å². The van der Waals surface area contributed by atoms with Gasteiger partial charge in [-0.2, -0.15) is 0 Å². The van der Waals surface area contributed by atoms with Crippen molar-refractivity contribution in [3.05, 3.63) is 45.7 Å². The SMILES string of the molecule is CC1CCCN(c2ccc(S(C)(=O)=O)c(-n3c(N)c4c(cc3=O)C(=O)NC4=O)c2)C1. The minimum atomic E-state index is -3.71. The second-order valence-corrected chi connectivity index (χ2v) is 9.88. The molecule has 9 nitrogen and oxygen atoms in total. The number of imide groups is 1. The van der Waals surface area contributed by atoms with Crippen LogP contribution in [0.15, 0.2) is 34.0 Å². The van der Waals surface area contributed by atoms with E-state index in [2.05, 4.69) is 17.1 Å². The molecule has 1 atom stereocenters. The first-order valence-corrected chi connectivity index (χ1v) is 11.5. The van der Waals surface area contributed by atoms with Crippen LogP contribution in [0.2, 0.25) is 0 Å². The van der Waals surface area contributed by atoms with E-state index in [1.165, 1.54) is 6.07 Å². The summed E-state index contributed by atoms with van der Waals surface area (Å²) in [6.45, 7) is 3.77. The highest BCUT2D eigenvalue weighted by Crippen LogP contribution is 2.31. The molecule has 1 saturated heterocycles. The Morgan fingerprint density at radius 2 is 1.87 bits per heavy atom. The van der Waals surface area contributed by atoms with E-state index in [9.17, 15) is 22.8 Å². The summed E-state index contributed by atoms with van der Waals surface area (Å²) in [6.07, 6.45) is 3.16. The van der Waals surface area contributed by atoms with Gasteiger partial charge in [0.15, 0.2) is 9.84 Å². The molecule has 1 fully saturated rings. The number of carbonyl (C=O) groups is 2. The zero-order chi connectivity index (χ0) is 21.8. The molecule has 1 aromatic carbocycles. The Hall–Kier alpha value is -3.14. The van der Waals surface area contributed by atoms with Gasteiger partial charge in [0, 0.05) is 31.1 Å². The monoisotopic (exact) mass is 430 g/mol. The van der Waals surface area contributed by atoms with E-state index >= 15 is 0 Å². The molecule has 3 heterocycles. The van der Waals surface area contributed by atoms with Gasteiger partial charge in [0.25, 0.3) is 17.4 Å². The molecule has 0 bridgehead atoms. The molecule has 0 radical (unpaired) electrons. The van der Waals surface area contributed by atoms with E-state index in [1.54, 1.807) is 12.1 Å². The smallest absolute Gasteiger partial charge is 0.262 e. The number of pyridine rings is 1. The maximum atomic E-state index is 12.9. The highest BCUT2D eigenvalue weighted by Gasteiger charge is 2.33. The molecule has 30 heavy (non-hydrogen) atoms. The lowest BCUT2D eigenvalue weighted by molar-refractivity contribution is 0.0880. The molecule has 0 saturated carbocycles. The van der Waals surface area contributed by atoms with Gasteiger partial charge in [-0.15, -0.1) is 0 Å². The number of rotatable bonds is 3. The number of sulfone groups is 1. The molecular weight excluding hydrogens is 408 g/mol. The number of nitrogens with one attached hydrogen (secondary N) is 1. The number of benzene rings is 1. The van der Waals surface area contributed by atoms with Crippen molar-refractivity contribution in [3.63, 3.8) is 0 Å². The molecule has 158 valence electrons. The van der Waals surface area contributed by atoms with Crippen molar-refractivity contribution in [3.8, 4) is 5.69 Å². The molecule has 3 N–H and O–H groups in total. The molecule has 2 amide bonds. The first-order valence-electron chi connectivity index (χ1n) is 9.58. The number of nitrogen functional groups attached to an aromatic ring is 1. The Bertz CT molecular complexity index is 1250. The first kappa shape index (κ1) is 20.1. The second-order valence-electron chi connectivity index (χ2n) is 7.89. The normalized spacial score (nSPS) is 19.0. The number of carbonyl (C=O) groups excluding carboxylic acids is 2. The van der Waals surface area contributed by atoms with Gasteiger partial charge in [0.1, 0.15) is 5.82 Å². The van der Waals surface area contributed by atoms with E-state index in [0.29, 0.717) is 5.92 Å². The number of anilines is 2. The largest absolute Gasteiger partial charge is 0.384 e. The standard InChI is InChI=1S/C20H22N4O5S/c1-11-4-3-7-23(10-11)12-5-6-15(30(2,28)29)14(8-12)24-16(25)9-13-17(18(24)21)20(27)22-19(13)26/h5-6,8-9,11H,3-4,7,10,21H2,1-2H3,(H,22,26,27). The summed E-state index contributed by atoms with van der Waals surface area (Å²) in [5.41, 5.74) is 6.02. The molecule has 2 aromatic rings.